The van der Waals surface area contributed by atoms with Crippen molar-refractivity contribution in [2.45, 2.75) is 33.1 Å². The van der Waals surface area contributed by atoms with E-state index < -0.39 is 0 Å². The van der Waals surface area contributed by atoms with Gasteiger partial charge in [-0.1, -0.05) is 32.1 Å². The van der Waals surface area contributed by atoms with Crippen molar-refractivity contribution in [3.8, 4) is 0 Å². The summed E-state index contributed by atoms with van der Waals surface area (Å²) in [5, 5.41) is 12.8. The van der Waals surface area contributed by atoms with Crippen LogP contribution in [-0.2, 0) is 5.41 Å². The Morgan fingerprint density at radius 2 is 2.00 bits per heavy atom. The fourth-order valence-electron chi connectivity index (χ4n) is 1.23. The van der Waals surface area contributed by atoms with Crippen LogP contribution in [0.1, 0.15) is 43.3 Å². The molecule has 2 aromatic heterocycles. The van der Waals surface area contributed by atoms with E-state index in [-0.39, 0.29) is 11.2 Å². The second-order valence-electron chi connectivity index (χ2n) is 4.43. The zero-order valence-corrected chi connectivity index (χ0v) is 9.92. The molecule has 6 heteroatoms. The number of aromatic nitrogens is 4. The van der Waals surface area contributed by atoms with Gasteiger partial charge in [0.25, 0.3) is 0 Å². The lowest BCUT2D eigenvalue weighted by atomic mass is 9.96. The molecule has 2 rings (SSSR count). The molecule has 0 N–H and O–H groups in total. The maximum absolute atomic E-state index is 11.2. The van der Waals surface area contributed by atoms with E-state index in [1.807, 2.05) is 20.8 Å². The van der Waals surface area contributed by atoms with E-state index >= 15 is 0 Å². The minimum atomic E-state index is -0.123. The molecule has 0 aliphatic heterocycles. The van der Waals surface area contributed by atoms with Crippen LogP contribution in [-0.4, -0.2) is 25.6 Å². The number of hydrogen-bond donors (Lipinski definition) is 0. The zero-order chi connectivity index (χ0) is 11.2. The molecule has 5 nitrogen and oxygen atoms in total. The van der Waals surface area contributed by atoms with Crippen LogP contribution >= 0.6 is 11.3 Å². The molecule has 0 saturated carbocycles. The van der Waals surface area contributed by atoms with E-state index in [4.69, 9.17) is 0 Å². The standard InChI is InChI=1S/C9H12N4OS/c1-5(14)6-12-13-7(9(2,3)4)10-11-8(13)15-6/h1-4H3. The van der Waals surface area contributed by atoms with Gasteiger partial charge in [-0.15, -0.1) is 15.3 Å². The lowest BCUT2D eigenvalue weighted by molar-refractivity contribution is 0.101. The van der Waals surface area contributed by atoms with Crippen LogP contribution in [0.5, 0.6) is 0 Å². The summed E-state index contributed by atoms with van der Waals surface area (Å²) in [6.07, 6.45) is 0. The molecule has 2 aromatic rings. The van der Waals surface area contributed by atoms with E-state index in [1.54, 1.807) is 4.52 Å². The Bertz CT molecular complexity index is 520. The highest BCUT2D eigenvalue weighted by Gasteiger charge is 2.23. The van der Waals surface area contributed by atoms with Gasteiger partial charge in [-0.2, -0.15) is 4.52 Å². The lowest BCUT2D eigenvalue weighted by Crippen LogP contribution is -2.16. The summed E-state index contributed by atoms with van der Waals surface area (Å²) in [6.45, 7) is 7.62. The summed E-state index contributed by atoms with van der Waals surface area (Å²) in [4.78, 5) is 11.8. The summed E-state index contributed by atoms with van der Waals surface area (Å²) in [5.41, 5.74) is -0.123. The molecular weight excluding hydrogens is 212 g/mol. The zero-order valence-electron chi connectivity index (χ0n) is 9.11. The second kappa shape index (κ2) is 3.10. The van der Waals surface area contributed by atoms with Crippen molar-refractivity contribution in [3.63, 3.8) is 0 Å². The molecule has 0 aliphatic rings. The molecule has 0 unspecified atom stereocenters. The van der Waals surface area contributed by atoms with E-state index in [0.29, 0.717) is 9.97 Å². The number of hydrogen-bond acceptors (Lipinski definition) is 5. The van der Waals surface area contributed by atoms with Crippen molar-refractivity contribution in [2.75, 3.05) is 0 Å². The Morgan fingerprint density at radius 3 is 2.53 bits per heavy atom. The van der Waals surface area contributed by atoms with Gasteiger partial charge < -0.3 is 0 Å². The molecule has 0 saturated heterocycles. The van der Waals surface area contributed by atoms with E-state index in [2.05, 4.69) is 15.3 Å². The molecule has 15 heavy (non-hydrogen) atoms. The maximum atomic E-state index is 11.2. The largest absolute Gasteiger partial charge is 0.292 e. The van der Waals surface area contributed by atoms with Crippen LogP contribution in [0.25, 0.3) is 4.96 Å². The normalized spacial score (nSPS) is 12.3. The molecule has 0 atom stereocenters. The lowest BCUT2D eigenvalue weighted by Gasteiger charge is -2.13. The van der Waals surface area contributed by atoms with Crippen LogP contribution in [0, 0.1) is 0 Å². The highest BCUT2D eigenvalue weighted by molar-refractivity contribution is 7.18. The summed E-state index contributed by atoms with van der Waals surface area (Å²) in [7, 11) is 0. The maximum Gasteiger partial charge on any atom is 0.235 e. The van der Waals surface area contributed by atoms with Crippen LogP contribution in [0.4, 0.5) is 0 Å². The first-order chi connectivity index (χ1) is 6.89. The van der Waals surface area contributed by atoms with Crippen molar-refractivity contribution < 1.29 is 4.79 Å². The highest BCUT2D eigenvalue weighted by atomic mass is 32.1. The number of Topliss-reactive ketones (excluding diaryl/α,β-unsaturated/α-hetero) is 1. The van der Waals surface area contributed by atoms with Crippen molar-refractivity contribution in [1.29, 1.82) is 0 Å². The van der Waals surface area contributed by atoms with E-state index in [0.717, 1.165) is 5.82 Å². The highest BCUT2D eigenvalue weighted by Crippen LogP contribution is 2.23. The average Bonchev–Trinajstić information content (AvgIpc) is 2.56. The molecule has 0 radical (unpaired) electrons. The molecule has 0 spiro atoms. The second-order valence-corrected chi connectivity index (χ2v) is 5.39. The third kappa shape index (κ3) is 1.65. The SMILES string of the molecule is CC(=O)c1nn2c(C(C)(C)C)nnc2s1. The summed E-state index contributed by atoms with van der Waals surface area (Å²) in [6, 6.07) is 0. The van der Waals surface area contributed by atoms with Gasteiger partial charge in [0.15, 0.2) is 16.6 Å². The first kappa shape index (κ1) is 10.2. The number of fused-ring (bicyclic) bond motifs is 1. The first-order valence-corrected chi connectivity index (χ1v) is 5.45. The minimum Gasteiger partial charge on any atom is -0.292 e. The number of carbonyl (C=O) groups excluding carboxylic acids is 1. The van der Waals surface area contributed by atoms with E-state index in [9.17, 15) is 4.79 Å². The molecule has 0 aliphatic carbocycles. The van der Waals surface area contributed by atoms with Gasteiger partial charge in [0.1, 0.15) is 0 Å². The van der Waals surface area contributed by atoms with Gasteiger partial charge in [0.05, 0.1) is 0 Å². The third-order valence-electron chi connectivity index (χ3n) is 1.96. The van der Waals surface area contributed by atoms with Crippen LogP contribution < -0.4 is 0 Å². The predicted octanol–water partition coefficient (Wildman–Crippen LogP) is 1.69. The number of rotatable bonds is 1. The van der Waals surface area contributed by atoms with Crippen LogP contribution in [0.2, 0.25) is 0 Å². The topological polar surface area (TPSA) is 60.2 Å². The van der Waals surface area contributed by atoms with Crippen LogP contribution in [0.3, 0.4) is 0 Å². The molecule has 2 heterocycles. The summed E-state index contributed by atoms with van der Waals surface area (Å²) in [5.74, 6) is 0.742. The van der Waals surface area contributed by atoms with E-state index in [1.165, 1.54) is 18.3 Å². The predicted molar refractivity (Wildman–Crippen MR) is 57.4 cm³/mol. The first-order valence-electron chi connectivity index (χ1n) is 4.63. The Hall–Kier alpha value is -1.30. The van der Waals surface area contributed by atoms with Gasteiger partial charge >= 0.3 is 0 Å². The molecule has 80 valence electrons. The van der Waals surface area contributed by atoms with Crippen molar-refractivity contribution in [2.24, 2.45) is 0 Å². The fourth-order valence-corrected chi connectivity index (χ4v) is 1.96. The molecule has 0 aromatic carbocycles. The smallest absolute Gasteiger partial charge is 0.235 e. The average molecular weight is 224 g/mol. The fraction of sp³-hybridized carbons (Fsp3) is 0.556. The van der Waals surface area contributed by atoms with Crippen LogP contribution in [0.15, 0.2) is 0 Å². The molecular formula is C9H12N4OS. The molecule has 0 amide bonds. The number of ketones is 1. The molecule has 0 fully saturated rings. The Kier molecular flexibility index (Phi) is 2.11. The molecule has 0 bridgehead atoms. The van der Waals surface area contributed by atoms with Gasteiger partial charge in [0, 0.05) is 12.3 Å². The Morgan fingerprint density at radius 1 is 1.33 bits per heavy atom. The van der Waals surface area contributed by atoms with Gasteiger partial charge in [0.2, 0.25) is 4.96 Å². The summed E-state index contributed by atoms with van der Waals surface area (Å²) >= 11 is 1.27. The Labute approximate surface area is 91.1 Å². The quantitative estimate of drug-likeness (QED) is 0.691. The minimum absolute atomic E-state index is 0.0367. The Balaban J connectivity index is 2.64. The van der Waals surface area contributed by atoms with Gasteiger partial charge in [-0.3, -0.25) is 4.79 Å². The monoisotopic (exact) mass is 224 g/mol. The van der Waals surface area contributed by atoms with Crippen molar-refractivity contribution >= 4 is 22.1 Å². The van der Waals surface area contributed by atoms with Gasteiger partial charge in [-0.05, 0) is 0 Å². The van der Waals surface area contributed by atoms with Gasteiger partial charge in [-0.25, -0.2) is 0 Å². The number of carbonyl (C=O) groups is 1. The summed E-state index contributed by atoms with van der Waals surface area (Å²) < 4.78 is 1.65. The third-order valence-corrected chi connectivity index (χ3v) is 2.96. The number of nitrogens with zero attached hydrogens (tertiary/aromatic N) is 4. The van der Waals surface area contributed by atoms with Crippen molar-refractivity contribution in [3.05, 3.63) is 10.8 Å². The van der Waals surface area contributed by atoms with Crippen molar-refractivity contribution in [1.82, 2.24) is 19.8 Å².